The molecule has 196 valence electrons. The molecule has 7 nitrogen and oxygen atoms in total. The molecule has 1 aliphatic heterocycles. The minimum atomic E-state index is -0.770. The Morgan fingerprint density at radius 2 is 1.36 bits per heavy atom. The predicted octanol–water partition coefficient (Wildman–Crippen LogP) is 6.09. The molecule has 0 N–H and O–H groups in total. The molecule has 36 heavy (non-hydrogen) atoms. The molecule has 1 aliphatic rings. The van der Waals surface area contributed by atoms with Crippen molar-refractivity contribution in [3.05, 3.63) is 65.7 Å². The number of imide groups is 1. The van der Waals surface area contributed by atoms with E-state index in [2.05, 4.69) is 0 Å². The Balaban J connectivity index is 0.00000222. The zero-order valence-electron chi connectivity index (χ0n) is 23.1. The fraction of sp³-hybridized carbons (Fsp3) is 0.500. The summed E-state index contributed by atoms with van der Waals surface area (Å²) >= 11 is 0. The van der Waals surface area contributed by atoms with Crippen molar-refractivity contribution in [2.45, 2.75) is 92.3 Å². The van der Waals surface area contributed by atoms with Gasteiger partial charge in [-0.25, -0.2) is 14.5 Å². The van der Waals surface area contributed by atoms with Crippen LogP contribution in [0.3, 0.4) is 0 Å². The maximum atomic E-state index is 12.8. The average Bonchev–Trinajstić information content (AvgIpc) is 3.03. The zero-order chi connectivity index (χ0) is 27.1. The van der Waals surface area contributed by atoms with Crippen molar-refractivity contribution in [1.82, 2.24) is 4.90 Å². The number of rotatable bonds is 5. The largest absolute Gasteiger partial charge is 0.494 e. The molecule has 1 heterocycles. The van der Waals surface area contributed by atoms with Crippen LogP contribution in [0.15, 0.2) is 54.6 Å². The molecule has 0 aromatic heterocycles. The lowest BCUT2D eigenvalue weighted by Gasteiger charge is -2.32. The van der Waals surface area contributed by atoms with Crippen LogP contribution < -0.4 is 5.46 Å². The lowest BCUT2D eigenvalue weighted by atomic mass is 9.79. The third-order valence-corrected chi connectivity index (χ3v) is 5.89. The molecule has 2 aromatic rings. The maximum absolute atomic E-state index is 12.8. The first-order valence-electron chi connectivity index (χ1n) is 12.4. The Labute approximate surface area is 216 Å². The summed E-state index contributed by atoms with van der Waals surface area (Å²) in [6, 6.07) is 16.7. The molecular formula is C28H40BNO6. The molecule has 2 aromatic carbocycles. The van der Waals surface area contributed by atoms with Gasteiger partial charge in [-0.1, -0.05) is 68.4 Å². The number of nitrogens with zero attached hydrogens (tertiary/aromatic N) is 1. The van der Waals surface area contributed by atoms with E-state index in [9.17, 15) is 9.59 Å². The molecule has 0 saturated carbocycles. The van der Waals surface area contributed by atoms with E-state index in [0.717, 1.165) is 21.5 Å². The number of ether oxygens (including phenoxy) is 2. The fourth-order valence-electron chi connectivity index (χ4n) is 3.26. The van der Waals surface area contributed by atoms with Crippen LogP contribution in [0.1, 0.15) is 73.4 Å². The SMILES string of the molecule is CC.CC(C)(C)OC(=O)N(Cc1ccc(B2OC(C)(C)C(C)(C)O2)cc1)C(=O)OCc1ccccc1. The van der Waals surface area contributed by atoms with Crippen molar-refractivity contribution in [1.29, 1.82) is 0 Å². The molecule has 0 atom stereocenters. The van der Waals surface area contributed by atoms with Crippen LogP contribution in [0.25, 0.3) is 0 Å². The smallest absolute Gasteiger partial charge is 0.444 e. The third kappa shape index (κ3) is 7.83. The van der Waals surface area contributed by atoms with Gasteiger partial charge in [-0.15, -0.1) is 0 Å². The number of hydrogen-bond acceptors (Lipinski definition) is 6. The topological polar surface area (TPSA) is 74.3 Å². The Kier molecular flexibility index (Phi) is 9.74. The van der Waals surface area contributed by atoms with Crippen LogP contribution >= 0.6 is 0 Å². The van der Waals surface area contributed by atoms with Crippen molar-refractivity contribution >= 4 is 24.8 Å². The number of carbonyl (C=O) groups excluding carboxylic acids is 2. The highest BCUT2D eigenvalue weighted by Crippen LogP contribution is 2.36. The minimum Gasteiger partial charge on any atom is -0.444 e. The number of benzene rings is 2. The summed E-state index contributed by atoms with van der Waals surface area (Å²) in [4.78, 5) is 26.6. The first-order valence-corrected chi connectivity index (χ1v) is 12.4. The molecule has 1 fully saturated rings. The van der Waals surface area contributed by atoms with Gasteiger partial charge in [0.25, 0.3) is 0 Å². The average molecular weight is 497 g/mol. The summed E-state index contributed by atoms with van der Waals surface area (Å²) in [6.45, 7) is 17.3. The molecule has 0 unspecified atom stereocenters. The van der Waals surface area contributed by atoms with Crippen LogP contribution in [-0.2, 0) is 31.9 Å². The van der Waals surface area contributed by atoms with Gasteiger partial charge in [-0.3, -0.25) is 0 Å². The number of hydrogen-bond donors (Lipinski definition) is 0. The summed E-state index contributed by atoms with van der Waals surface area (Å²) in [5.74, 6) is 0. The number of carbonyl (C=O) groups is 2. The second-order valence-electron chi connectivity index (χ2n) is 10.4. The quantitative estimate of drug-likeness (QED) is 0.466. The van der Waals surface area contributed by atoms with Crippen molar-refractivity contribution in [3.63, 3.8) is 0 Å². The summed E-state index contributed by atoms with van der Waals surface area (Å²) in [5.41, 5.74) is 0.793. The van der Waals surface area contributed by atoms with Gasteiger partial charge in [0.15, 0.2) is 0 Å². The highest BCUT2D eigenvalue weighted by molar-refractivity contribution is 6.62. The molecule has 0 radical (unpaired) electrons. The summed E-state index contributed by atoms with van der Waals surface area (Å²) < 4.78 is 23.0. The first kappa shape index (κ1) is 29.4. The monoisotopic (exact) mass is 497 g/mol. The normalized spacial score (nSPS) is 16.0. The van der Waals surface area contributed by atoms with Gasteiger partial charge in [-0.2, -0.15) is 0 Å². The van der Waals surface area contributed by atoms with E-state index >= 15 is 0 Å². The van der Waals surface area contributed by atoms with Crippen molar-refractivity contribution in [2.24, 2.45) is 0 Å². The Morgan fingerprint density at radius 1 is 0.833 bits per heavy atom. The molecule has 0 spiro atoms. The van der Waals surface area contributed by atoms with Gasteiger partial charge in [0, 0.05) is 0 Å². The molecule has 0 aliphatic carbocycles. The third-order valence-electron chi connectivity index (χ3n) is 5.89. The lowest BCUT2D eigenvalue weighted by Crippen LogP contribution is -2.41. The number of amides is 2. The van der Waals surface area contributed by atoms with Gasteiger partial charge in [0.05, 0.1) is 17.7 Å². The van der Waals surface area contributed by atoms with Gasteiger partial charge in [-0.05, 0) is 65.1 Å². The van der Waals surface area contributed by atoms with Gasteiger partial charge in [0.2, 0.25) is 0 Å². The van der Waals surface area contributed by atoms with E-state index in [1.165, 1.54) is 0 Å². The van der Waals surface area contributed by atoms with Gasteiger partial charge >= 0.3 is 19.3 Å². The van der Waals surface area contributed by atoms with Crippen LogP contribution in [0, 0.1) is 0 Å². The highest BCUT2D eigenvalue weighted by Gasteiger charge is 2.51. The fourth-order valence-corrected chi connectivity index (χ4v) is 3.26. The first-order chi connectivity index (χ1) is 16.8. The van der Waals surface area contributed by atoms with Crippen LogP contribution in [0.4, 0.5) is 9.59 Å². The summed E-state index contributed by atoms with van der Waals surface area (Å²) in [6.07, 6.45) is -1.53. The second kappa shape index (κ2) is 11.9. The minimum absolute atomic E-state index is 0.00613. The standard InChI is InChI=1S/C26H34BNO6.C2H6/c1-24(2,3)32-23(30)28(22(29)31-18-20-11-9-8-10-12-20)17-19-13-15-21(16-14-19)27-33-25(4,5)26(6,7)34-27;1-2/h8-16H,17-18H2,1-7H3;1-2H3. The highest BCUT2D eigenvalue weighted by atomic mass is 16.7. The maximum Gasteiger partial charge on any atom is 0.494 e. The molecule has 0 bridgehead atoms. The van der Waals surface area contributed by atoms with Crippen LogP contribution in [0.2, 0.25) is 0 Å². The Morgan fingerprint density at radius 3 is 1.86 bits per heavy atom. The molecule has 2 amide bonds. The van der Waals surface area contributed by atoms with E-state index in [0.29, 0.717) is 0 Å². The van der Waals surface area contributed by atoms with E-state index in [1.807, 2.05) is 96.1 Å². The van der Waals surface area contributed by atoms with E-state index in [4.69, 9.17) is 18.8 Å². The predicted molar refractivity (Wildman–Crippen MR) is 142 cm³/mol. The van der Waals surface area contributed by atoms with Crippen LogP contribution in [0.5, 0.6) is 0 Å². The Bertz CT molecular complexity index is 983. The van der Waals surface area contributed by atoms with Crippen molar-refractivity contribution in [3.8, 4) is 0 Å². The molecular weight excluding hydrogens is 457 g/mol. The Hall–Kier alpha value is -2.84. The molecule has 3 rings (SSSR count). The van der Waals surface area contributed by atoms with Crippen molar-refractivity contribution in [2.75, 3.05) is 0 Å². The van der Waals surface area contributed by atoms with E-state index in [-0.39, 0.29) is 13.2 Å². The van der Waals surface area contributed by atoms with Crippen LogP contribution in [-0.4, -0.2) is 41.0 Å². The lowest BCUT2D eigenvalue weighted by molar-refractivity contribution is 0.00578. The molecule has 1 saturated heterocycles. The molecule has 8 heteroatoms. The van der Waals surface area contributed by atoms with Crippen molar-refractivity contribution < 1.29 is 28.4 Å². The van der Waals surface area contributed by atoms with E-state index in [1.54, 1.807) is 20.8 Å². The zero-order valence-corrected chi connectivity index (χ0v) is 23.1. The van der Waals surface area contributed by atoms with Gasteiger partial charge in [0.1, 0.15) is 12.2 Å². The van der Waals surface area contributed by atoms with E-state index < -0.39 is 36.1 Å². The summed E-state index contributed by atoms with van der Waals surface area (Å²) in [7, 11) is -0.489. The van der Waals surface area contributed by atoms with Gasteiger partial charge < -0.3 is 18.8 Å². The summed E-state index contributed by atoms with van der Waals surface area (Å²) in [5, 5.41) is 0. The second-order valence-corrected chi connectivity index (χ2v) is 10.4.